The zero-order valence-electron chi connectivity index (χ0n) is 14.4. The molecule has 2 atom stereocenters. The van der Waals surface area contributed by atoms with Crippen LogP contribution in [0, 0.1) is 0 Å². The molecule has 2 aromatic heterocycles. The Labute approximate surface area is 147 Å². The first-order chi connectivity index (χ1) is 12.2. The summed E-state index contributed by atoms with van der Waals surface area (Å²) in [6.07, 6.45) is 6.86. The molecule has 25 heavy (non-hydrogen) atoms. The minimum absolute atomic E-state index is 0.0417. The molecule has 0 aromatic carbocycles. The van der Waals surface area contributed by atoms with Crippen LogP contribution in [0.25, 0.3) is 0 Å². The van der Waals surface area contributed by atoms with E-state index in [2.05, 4.69) is 4.98 Å². The smallest absolute Gasteiger partial charge is 0.259 e. The minimum Gasteiger partial charge on any atom is -0.480 e. The fraction of sp³-hybridized carbons (Fsp3) is 0.474. The largest absolute Gasteiger partial charge is 0.480 e. The average Bonchev–Trinajstić information content (AvgIpc) is 3.09. The maximum absolute atomic E-state index is 13.1. The normalized spacial score (nSPS) is 19.3. The molecule has 134 valence electrons. The van der Waals surface area contributed by atoms with Crippen LogP contribution < -0.4 is 4.74 Å². The lowest BCUT2D eigenvalue weighted by molar-refractivity contribution is 0.0554. The monoisotopic (exact) mass is 344 g/mol. The van der Waals surface area contributed by atoms with Gasteiger partial charge in [0.2, 0.25) is 5.88 Å². The number of pyridine rings is 1. The summed E-state index contributed by atoms with van der Waals surface area (Å²) in [7, 11) is 1.51. The molecule has 3 rings (SSSR count). The summed E-state index contributed by atoms with van der Waals surface area (Å²) >= 11 is 0. The lowest BCUT2D eigenvalue weighted by Crippen LogP contribution is -2.41. The number of ether oxygens (including phenoxy) is 1. The first-order valence-corrected chi connectivity index (χ1v) is 8.72. The fourth-order valence-electron chi connectivity index (χ4n) is 3.42. The molecule has 0 aliphatic carbocycles. The molecule has 1 N–H and O–H groups in total. The Balaban J connectivity index is 1.81. The van der Waals surface area contributed by atoms with Crippen LogP contribution in [0.5, 0.6) is 5.88 Å². The summed E-state index contributed by atoms with van der Waals surface area (Å²) in [5, 5.41) is 10.5. The number of furan rings is 1. The predicted octanol–water partition coefficient (Wildman–Crippen LogP) is 3.19. The second kappa shape index (κ2) is 8.16. The van der Waals surface area contributed by atoms with E-state index >= 15 is 0 Å². The van der Waals surface area contributed by atoms with Gasteiger partial charge in [0.05, 0.1) is 13.4 Å². The number of amides is 1. The molecule has 6 heteroatoms. The quantitative estimate of drug-likeness (QED) is 0.901. The number of aliphatic hydroxyl groups is 1. The summed E-state index contributed by atoms with van der Waals surface area (Å²) in [5.41, 5.74) is 0.462. The van der Waals surface area contributed by atoms with Crippen LogP contribution in [0.2, 0.25) is 0 Å². The second-order valence-corrected chi connectivity index (χ2v) is 6.33. The molecular weight excluding hydrogens is 320 g/mol. The van der Waals surface area contributed by atoms with Crippen LogP contribution in [0.1, 0.15) is 54.3 Å². The van der Waals surface area contributed by atoms with Crippen molar-refractivity contribution in [1.29, 1.82) is 0 Å². The molecule has 0 radical (unpaired) electrons. The Morgan fingerprint density at radius 1 is 1.40 bits per heavy atom. The van der Waals surface area contributed by atoms with Crippen molar-refractivity contribution in [3.63, 3.8) is 0 Å². The highest BCUT2D eigenvalue weighted by molar-refractivity contribution is 5.96. The fourth-order valence-corrected chi connectivity index (χ4v) is 3.42. The van der Waals surface area contributed by atoms with Gasteiger partial charge in [-0.15, -0.1) is 0 Å². The predicted molar refractivity (Wildman–Crippen MR) is 92.4 cm³/mol. The molecule has 1 saturated heterocycles. The van der Waals surface area contributed by atoms with Crippen molar-refractivity contribution in [1.82, 2.24) is 9.88 Å². The number of rotatable bonds is 5. The molecule has 3 heterocycles. The van der Waals surface area contributed by atoms with E-state index in [1.54, 1.807) is 36.7 Å². The second-order valence-electron chi connectivity index (χ2n) is 6.33. The SMILES string of the molecule is COc1ncccc1C(=O)N1CCCCCC1CC(O)c1ccco1. The first kappa shape index (κ1) is 17.5. The number of hydrogen-bond donors (Lipinski definition) is 1. The van der Waals surface area contributed by atoms with Gasteiger partial charge in [0.1, 0.15) is 17.4 Å². The summed E-state index contributed by atoms with van der Waals surface area (Å²) < 4.78 is 10.5. The third-order valence-electron chi connectivity index (χ3n) is 4.70. The number of hydrogen-bond acceptors (Lipinski definition) is 5. The summed E-state index contributed by atoms with van der Waals surface area (Å²) in [4.78, 5) is 19.1. The van der Waals surface area contributed by atoms with Gasteiger partial charge in [-0.1, -0.05) is 12.8 Å². The van der Waals surface area contributed by atoms with Crippen LogP contribution in [0.3, 0.4) is 0 Å². The zero-order chi connectivity index (χ0) is 17.6. The molecule has 6 nitrogen and oxygen atoms in total. The van der Waals surface area contributed by atoms with Crippen molar-refractivity contribution in [2.45, 2.75) is 44.2 Å². The molecule has 1 fully saturated rings. The van der Waals surface area contributed by atoms with Crippen molar-refractivity contribution in [3.05, 3.63) is 48.0 Å². The number of carbonyl (C=O) groups excluding carboxylic acids is 1. The van der Waals surface area contributed by atoms with E-state index in [-0.39, 0.29) is 11.9 Å². The molecule has 0 spiro atoms. The molecule has 0 bridgehead atoms. The maximum Gasteiger partial charge on any atom is 0.259 e. The number of nitrogens with zero attached hydrogens (tertiary/aromatic N) is 2. The van der Waals surface area contributed by atoms with Crippen LogP contribution in [0.15, 0.2) is 41.1 Å². The Hall–Kier alpha value is -2.34. The number of aliphatic hydroxyl groups excluding tert-OH is 1. The number of likely N-dealkylation sites (tertiary alicyclic amines) is 1. The summed E-state index contributed by atoms with van der Waals surface area (Å²) in [5.74, 6) is 0.779. The minimum atomic E-state index is -0.718. The molecule has 2 aromatic rings. The lowest BCUT2D eigenvalue weighted by Gasteiger charge is -2.31. The first-order valence-electron chi connectivity index (χ1n) is 8.72. The van der Waals surface area contributed by atoms with E-state index in [9.17, 15) is 9.90 Å². The Bertz CT molecular complexity index is 686. The van der Waals surface area contributed by atoms with Gasteiger partial charge < -0.3 is 19.2 Å². The van der Waals surface area contributed by atoms with Gasteiger partial charge in [-0.2, -0.15) is 0 Å². The van der Waals surface area contributed by atoms with Gasteiger partial charge >= 0.3 is 0 Å². The molecule has 1 amide bonds. The van der Waals surface area contributed by atoms with Crippen molar-refractivity contribution in [2.75, 3.05) is 13.7 Å². The summed E-state index contributed by atoms with van der Waals surface area (Å²) in [6.45, 7) is 0.673. The van der Waals surface area contributed by atoms with Crippen molar-refractivity contribution in [2.24, 2.45) is 0 Å². The van der Waals surface area contributed by atoms with E-state index in [1.807, 2.05) is 4.90 Å². The third-order valence-corrected chi connectivity index (χ3v) is 4.70. The van der Waals surface area contributed by atoms with Crippen molar-refractivity contribution >= 4 is 5.91 Å². The zero-order valence-corrected chi connectivity index (χ0v) is 14.4. The van der Waals surface area contributed by atoms with Gasteiger partial charge in [0, 0.05) is 25.2 Å². The Kier molecular flexibility index (Phi) is 5.71. The van der Waals surface area contributed by atoms with Gasteiger partial charge in [-0.25, -0.2) is 4.98 Å². The van der Waals surface area contributed by atoms with Gasteiger partial charge in [-0.3, -0.25) is 4.79 Å². The topological polar surface area (TPSA) is 75.8 Å². The van der Waals surface area contributed by atoms with E-state index in [4.69, 9.17) is 9.15 Å². The molecule has 1 aliphatic rings. The molecule has 0 saturated carbocycles. The highest BCUT2D eigenvalue weighted by Gasteiger charge is 2.30. The van der Waals surface area contributed by atoms with E-state index in [0.717, 1.165) is 25.7 Å². The molecular formula is C19H24N2O4. The number of carbonyl (C=O) groups is 1. The molecule has 1 aliphatic heterocycles. The van der Waals surface area contributed by atoms with E-state index in [1.165, 1.54) is 7.11 Å². The molecule has 2 unspecified atom stereocenters. The van der Waals surface area contributed by atoms with Crippen molar-refractivity contribution < 1.29 is 19.1 Å². The van der Waals surface area contributed by atoms with Crippen molar-refractivity contribution in [3.8, 4) is 5.88 Å². The Morgan fingerprint density at radius 2 is 2.28 bits per heavy atom. The van der Waals surface area contributed by atoms with E-state index in [0.29, 0.717) is 30.2 Å². The highest BCUT2D eigenvalue weighted by Crippen LogP contribution is 2.29. The van der Waals surface area contributed by atoms with Crippen LogP contribution in [-0.2, 0) is 0 Å². The van der Waals surface area contributed by atoms with Gasteiger partial charge in [0.15, 0.2) is 0 Å². The van der Waals surface area contributed by atoms with Crippen LogP contribution in [0.4, 0.5) is 0 Å². The average molecular weight is 344 g/mol. The maximum atomic E-state index is 13.1. The third kappa shape index (κ3) is 4.02. The lowest BCUT2D eigenvalue weighted by atomic mass is 10.0. The number of aromatic nitrogens is 1. The standard InChI is InChI=1S/C19H24N2O4/c1-24-18-15(8-5-10-20-18)19(23)21-11-4-2-3-7-14(21)13-16(22)17-9-6-12-25-17/h5-6,8-10,12,14,16,22H,2-4,7,11,13H2,1H3. The van der Waals surface area contributed by atoms with Crippen LogP contribution in [-0.4, -0.2) is 40.6 Å². The van der Waals surface area contributed by atoms with Gasteiger partial charge in [-0.05, 0) is 37.1 Å². The van der Waals surface area contributed by atoms with Gasteiger partial charge in [0.25, 0.3) is 5.91 Å². The number of methoxy groups -OCH3 is 1. The Morgan fingerprint density at radius 3 is 3.04 bits per heavy atom. The van der Waals surface area contributed by atoms with E-state index < -0.39 is 6.10 Å². The summed E-state index contributed by atoms with van der Waals surface area (Å²) in [6, 6.07) is 6.95. The highest BCUT2D eigenvalue weighted by atomic mass is 16.5. The van der Waals surface area contributed by atoms with Crippen LogP contribution >= 0.6 is 0 Å².